The van der Waals surface area contributed by atoms with Crippen LogP contribution < -0.4 is 0 Å². The molecule has 0 spiro atoms. The molecular formula is C19H18N6O. The van der Waals surface area contributed by atoms with Crippen molar-refractivity contribution in [1.29, 1.82) is 0 Å². The van der Waals surface area contributed by atoms with E-state index in [-0.39, 0.29) is 11.8 Å². The second-order valence-electron chi connectivity index (χ2n) is 6.80. The average molecular weight is 346 g/mol. The van der Waals surface area contributed by atoms with Gasteiger partial charge in [-0.25, -0.2) is 15.0 Å². The number of H-pyrrole nitrogens is 1. The lowest BCUT2D eigenvalue weighted by atomic mass is 9.98. The van der Waals surface area contributed by atoms with Gasteiger partial charge in [0, 0.05) is 26.3 Å². The number of nitrogens with zero attached hydrogens (tertiary/aromatic N) is 5. The van der Waals surface area contributed by atoms with Gasteiger partial charge in [0.1, 0.15) is 17.2 Å². The number of rotatable bonds is 2. The van der Waals surface area contributed by atoms with Gasteiger partial charge >= 0.3 is 0 Å². The highest BCUT2D eigenvalue weighted by molar-refractivity contribution is 6.04. The van der Waals surface area contributed by atoms with E-state index in [1.54, 1.807) is 12.3 Å². The van der Waals surface area contributed by atoms with Gasteiger partial charge in [-0.3, -0.25) is 4.79 Å². The van der Waals surface area contributed by atoms with E-state index in [1.807, 2.05) is 47.7 Å². The lowest BCUT2D eigenvalue weighted by Gasteiger charge is -2.38. The van der Waals surface area contributed by atoms with Crippen LogP contribution in [0.2, 0.25) is 0 Å². The van der Waals surface area contributed by atoms with Crippen LogP contribution >= 0.6 is 0 Å². The van der Waals surface area contributed by atoms with Crippen LogP contribution in [0.4, 0.5) is 0 Å². The zero-order chi connectivity index (χ0) is 17.8. The van der Waals surface area contributed by atoms with Gasteiger partial charge in [0.25, 0.3) is 5.91 Å². The molecule has 0 aliphatic carbocycles. The molecule has 1 saturated heterocycles. The number of carbonyl (C=O) groups excluding carboxylic acids is 1. The first-order valence-electron chi connectivity index (χ1n) is 8.64. The van der Waals surface area contributed by atoms with Crippen molar-refractivity contribution in [2.75, 3.05) is 13.1 Å². The highest BCUT2D eigenvalue weighted by atomic mass is 16.2. The Bertz CT molecular complexity index is 1120. The number of carbonyl (C=O) groups is 1. The molecule has 0 atom stereocenters. The third-order valence-electron chi connectivity index (χ3n) is 5.18. The largest absolute Gasteiger partial charge is 0.342 e. The molecule has 0 unspecified atom stereocenters. The molecule has 1 N–H and O–H groups in total. The Morgan fingerprint density at radius 1 is 1.19 bits per heavy atom. The first-order valence-corrected chi connectivity index (χ1v) is 8.64. The first kappa shape index (κ1) is 15.1. The number of aromatic nitrogens is 5. The summed E-state index contributed by atoms with van der Waals surface area (Å²) in [7, 11) is 1.91. The second kappa shape index (κ2) is 5.39. The van der Waals surface area contributed by atoms with Crippen LogP contribution in [0.15, 0.2) is 36.5 Å². The van der Waals surface area contributed by atoms with Gasteiger partial charge in [0.2, 0.25) is 0 Å². The lowest BCUT2D eigenvalue weighted by Crippen LogP contribution is -2.48. The van der Waals surface area contributed by atoms with E-state index in [0.29, 0.717) is 24.2 Å². The van der Waals surface area contributed by atoms with E-state index in [1.165, 1.54) is 0 Å². The zero-order valence-electron chi connectivity index (χ0n) is 14.6. The molecule has 3 aromatic heterocycles. The van der Waals surface area contributed by atoms with Crippen LogP contribution in [0.5, 0.6) is 0 Å². The number of imidazole rings is 2. The maximum atomic E-state index is 12.9. The minimum absolute atomic E-state index is 0.00265. The molecular weight excluding hydrogens is 328 g/mol. The predicted octanol–water partition coefficient (Wildman–Crippen LogP) is 2.39. The van der Waals surface area contributed by atoms with Crippen molar-refractivity contribution >= 4 is 28.1 Å². The molecule has 1 fully saturated rings. The lowest BCUT2D eigenvalue weighted by molar-refractivity contribution is 0.0597. The Labute approximate surface area is 149 Å². The molecule has 4 aromatic rings. The van der Waals surface area contributed by atoms with Crippen molar-refractivity contribution < 1.29 is 4.79 Å². The summed E-state index contributed by atoms with van der Waals surface area (Å²) in [5.74, 6) is 2.04. The summed E-state index contributed by atoms with van der Waals surface area (Å²) in [4.78, 5) is 31.6. The van der Waals surface area contributed by atoms with Gasteiger partial charge in [0.05, 0.1) is 22.5 Å². The third-order valence-corrected chi connectivity index (χ3v) is 5.18. The Kier molecular flexibility index (Phi) is 3.12. The Morgan fingerprint density at radius 2 is 2.00 bits per heavy atom. The van der Waals surface area contributed by atoms with Crippen LogP contribution in [-0.4, -0.2) is 48.4 Å². The number of hydrogen-bond acceptors (Lipinski definition) is 4. The molecule has 1 aliphatic heterocycles. The van der Waals surface area contributed by atoms with Gasteiger partial charge in [0.15, 0.2) is 5.65 Å². The van der Waals surface area contributed by atoms with Crippen molar-refractivity contribution in [3.8, 4) is 0 Å². The van der Waals surface area contributed by atoms with Gasteiger partial charge in [-0.15, -0.1) is 0 Å². The molecule has 4 heterocycles. The van der Waals surface area contributed by atoms with E-state index in [4.69, 9.17) is 0 Å². The van der Waals surface area contributed by atoms with Gasteiger partial charge in [-0.2, -0.15) is 0 Å². The minimum Gasteiger partial charge on any atom is -0.342 e. The van der Waals surface area contributed by atoms with Crippen molar-refractivity contribution in [1.82, 2.24) is 29.4 Å². The van der Waals surface area contributed by atoms with Crippen LogP contribution in [0, 0.1) is 6.92 Å². The summed E-state index contributed by atoms with van der Waals surface area (Å²) in [6.45, 7) is 3.24. The number of hydrogen-bond donors (Lipinski definition) is 1. The standard InChI is InChI=1S/C19H18N6O/c1-11-21-16-13(7-8-20-18(16)24(11)2)19(26)25-9-12(10-25)17-22-14-5-3-4-6-15(14)23-17/h3-8,12H,9-10H2,1-2H3,(H,22,23). The molecule has 130 valence electrons. The smallest absolute Gasteiger partial charge is 0.256 e. The quantitative estimate of drug-likeness (QED) is 0.604. The Hall–Kier alpha value is -3.22. The Morgan fingerprint density at radius 3 is 2.81 bits per heavy atom. The summed E-state index contributed by atoms with van der Waals surface area (Å²) < 4.78 is 1.90. The van der Waals surface area contributed by atoms with Crippen molar-refractivity contribution in [3.05, 3.63) is 53.7 Å². The monoisotopic (exact) mass is 346 g/mol. The molecule has 1 aliphatic rings. The number of likely N-dealkylation sites (tertiary alicyclic amines) is 1. The molecule has 1 aromatic carbocycles. The summed E-state index contributed by atoms with van der Waals surface area (Å²) in [6, 6.07) is 9.74. The van der Waals surface area contributed by atoms with Gasteiger partial charge in [-0.1, -0.05) is 12.1 Å². The predicted molar refractivity (Wildman–Crippen MR) is 98.0 cm³/mol. The number of aryl methyl sites for hydroxylation is 2. The summed E-state index contributed by atoms with van der Waals surface area (Å²) in [5, 5.41) is 0. The number of benzene rings is 1. The number of fused-ring (bicyclic) bond motifs is 2. The highest BCUT2D eigenvalue weighted by Crippen LogP contribution is 2.29. The summed E-state index contributed by atoms with van der Waals surface area (Å²) in [5.41, 5.74) is 4.02. The van der Waals surface area contributed by atoms with Crippen molar-refractivity contribution in [2.45, 2.75) is 12.8 Å². The van der Waals surface area contributed by atoms with Crippen LogP contribution in [0.1, 0.15) is 27.9 Å². The number of para-hydroxylation sites is 2. The van der Waals surface area contributed by atoms with Crippen molar-refractivity contribution in [3.63, 3.8) is 0 Å². The van der Waals surface area contributed by atoms with Crippen molar-refractivity contribution in [2.24, 2.45) is 7.05 Å². The molecule has 0 radical (unpaired) electrons. The third kappa shape index (κ3) is 2.13. The summed E-state index contributed by atoms with van der Waals surface area (Å²) >= 11 is 0. The SMILES string of the molecule is Cc1nc2c(C(=O)N3CC(c4nc5ccccc5[nH]4)C3)ccnc2n1C. The molecule has 26 heavy (non-hydrogen) atoms. The van der Waals surface area contributed by atoms with Crippen LogP contribution in [0.25, 0.3) is 22.2 Å². The molecule has 0 bridgehead atoms. The molecule has 0 saturated carbocycles. The fourth-order valence-corrected chi connectivity index (χ4v) is 3.51. The van der Waals surface area contributed by atoms with E-state index in [9.17, 15) is 4.79 Å². The number of amides is 1. The van der Waals surface area contributed by atoms with Gasteiger partial charge in [-0.05, 0) is 25.1 Å². The van der Waals surface area contributed by atoms with E-state index in [0.717, 1.165) is 28.3 Å². The van der Waals surface area contributed by atoms with E-state index < -0.39 is 0 Å². The fourth-order valence-electron chi connectivity index (χ4n) is 3.51. The normalized spacial score (nSPS) is 14.9. The van der Waals surface area contributed by atoms with E-state index in [2.05, 4.69) is 19.9 Å². The molecule has 5 rings (SSSR count). The van der Waals surface area contributed by atoms with E-state index >= 15 is 0 Å². The molecule has 1 amide bonds. The minimum atomic E-state index is 0.00265. The molecule has 7 heteroatoms. The number of nitrogens with one attached hydrogen (secondary N) is 1. The van der Waals surface area contributed by atoms with Crippen LogP contribution in [0.3, 0.4) is 0 Å². The number of pyridine rings is 1. The maximum Gasteiger partial charge on any atom is 0.256 e. The van der Waals surface area contributed by atoms with Crippen LogP contribution in [-0.2, 0) is 7.05 Å². The average Bonchev–Trinajstić information content (AvgIpc) is 3.15. The first-order chi connectivity index (χ1) is 12.6. The zero-order valence-corrected chi connectivity index (χ0v) is 14.6. The Balaban J connectivity index is 1.39. The summed E-state index contributed by atoms with van der Waals surface area (Å²) in [6.07, 6.45) is 1.67. The highest BCUT2D eigenvalue weighted by Gasteiger charge is 2.35. The number of aromatic amines is 1. The molecule has 7 nitrogen and oxygen atoms in total. The topological polar surface area (TPSA) is 79.7 Å². The fraction of sp³-hybridized carbons (Fsp3) is 0.263. The van der Waals surface area contributed by atoms with Gasteiger partial charge < -0.3 is 14.5 Å². The maximum absolute atomic E-state index is 12.9. The second-order valence-corrected chi connectivity index (χ2v) is 6.80.